The Morgan fingerprint density at radius 1 is 1.48 bits per heavy atom. The van der Waals surface area contributed by atoms with Crippen LogP contribution in [0.15, 0.2) is 18.2 Å². The first-order valence-electron chi connectivity index (χ1n) is 7.12. The summed E-state index contributed by atoms with van der Waals surface area (Å²) in [6.07, 6.45) is 1.48. The predicted octanol–water partition coefficient (Wildman–Crippen LogP) is 2.95. The Morgan fingerprint density at radius 2 is 2.24 bits per heavy atom. The molecule has 1 atom stereocenters. The number of carbonyl (C=O) groups excluding carboxylic acids is 1. The van der Waals surface area contributed by atoms with Gasteiger partial charge in [0.15, 0.2) is 0 Å². The van der Waals surface area contributed by atoms with E-state index in [4.69, 9.17) is 4.74 Å². The minimum Gasteiger partial charge on any atom is -0.508 e. The Bertz CT molecular complexity index is 590. The van der Waals surface area contributed by atoms with E-state index >= 15 is 0 Å². The van der Waals surface area contributed by atoms with Gasteiger partial charge in [0.1, 0.15) is 11.4 Å². The summed E-state index contributed by atoms with van der Waals surface area (Å²) in [4.78, 5) is 11.5. The maximum Gasteiger partial charge on any atom is 0.408 e. The fourth-order valence-corrected chi connectivity index (χ4v) is 2.34. The van der Waals surface area contributed by atoms with Crippen molar-refractivity contribution < 1.29 is 14.6 Å². The van der Waals surface area contributed by atoms with Crippen LogP contribution >= 0.6 is 0 Å². The monoisotopic (exact) mass is 287 g/mol. The molecule has 0 unspecified atom stereocenters. The number of benzene rings is 1. The first-order valence-corrected chi connectivity index (χ1v) is 7.12. The third-order valence-corrected chi connectivity index (χ3v) is 3.20. The van der Waals surface area contributed by atoms with Crippen LogP contribution in [0.5, 0.6) is 5.75 Å². The van der Waals surface area contributed by atoms with E-state index < -0.39 is 11.7 Å². The maximum absolute atomic E-state index is 11.5. The molecule has 1 aromatic rings. The van der Waals surface area contributed by atoms with Crippen molar-refractivity contribution in [3.05, 3.63) is 29.3 Å². The van der Waals surface area contributed by atoms with E-state index in [0.717, 1.165) is 18.4 Å². The van der Waals surface area contributed by atoms with Crippen molar-refractivity contribution in [2.45, 2.75) is 45.1 Å². The fourth-order valence-electron chi connectivity index (χ4n) is 2.34. The number of hydrogen-bond acceptors (Lipinski definition) is 3. The number of aryl methyl sites for hydroxylation is 1. The molecule has 1 aliphatic rings. The van der Waals surface area contributed by atoms with Gasteiger partial charge in [0, 0.05) is 5.92 Å². The number of hydrogen-bond donors (Lipinski definition) is 2. The topological polar surface area (TPSA) is 58.6 Å². The number of phenols is 1. The smallest absolute Gasteiger partial charge is 0.408 e. The standard InChI is InChI=1S/C17H21NO3/c1-17(2,3)21-16(20)18-10-4-5-12-6-7-13-8-9-14(19)11-15(12)13/h8-9,11-12,19H,6-7,10H2,1-3H3,(H,18,20)/t12-/m0/s1. The van der Waals surface area contributed by atoms with Crippen LogP contribution < -0.4 is 5.32 Å². The molecular formula is C17H21NO3. The van der Waals surface area contributed by atoms with Gasteiger partial charge >= 0.3 is 6.09 Å². The molecular weight excluding hydrogens is 266 g/mol. The summed E-state index contributed by atoms with van der Waals surface area (Å²) in [5.41, 5.74) is 1.84. The van der Waals surface area contributed by atoms with E-state index in [2.05, 4.69) is 17.2 Å². The van der Waals surface area contributed by atoms with Gasteiger partial charge in [-0.2, -0.15) is 0 Å². The van der Waals surface area contributed by atoms with Crippen molar-refractivity contribution in [2.24, 2.45) is 0 Å². The number of fused-ring (bicyclic) bond motifs is 1. The molecule has 1 aliphatic carbocycles. The fraction of sp³-hybridized carbons (Fsp3) is 0.471. The second-order valence-electron chi connectivity index (χ2n) is 6.15. The summed E-state index contributed by atoms with van der Waals surface area (Å²) in [5.74, 6) is 6.52. The molecule has 1 aromatic carbocycles. The van der Waals surface area contributed by atoms with Crippen molar-refractivity contribution in [3.63, 3.8) is 0 Å². The van der Waals surface area contributed by atoms with Crippen molar-refractivity contribution in [2.75, 3.05) is 6.54 Å². The average molecular weight is 287 g/mol. The van der Waals surface area contributed by atoms with Gasteiger partial charge in [0.2, 0.25) is 0 Å². The number of phenolic OH excluding ortho intramolecular Hbond substituents is 1. The minimum atomic E-state index is -0.501. The molecule has 112 valence electrons. The van der Waals surface area contributed by atoms with Gasteiger partial charge in [-0.3, -0.25) is 0 Å². The molecule has 4 nitrogen and oxygen atoms in total. The predicted molar refractivity (Wildman–Crippen MR) is 81.2 cm³/mol. The van der Waals surface area contributed by atoms with Gasteiger partial charge in [0.25, 0.3) is 0 Å². The lowest BCUT2D eigenvalue weighted by molar-refractivity contribution is 0.0535. The van der Waals surface area contributed by atoms with E-state index in [1.807, 2.05) is 26.8 Å². The summed E-state index contributed by atoms with van der Waals surface area (Å²) in [7, 11) is 0. The van der Waals surface area contributed by atoms with E-state index in [0.29, 0.717) is 0 Å². The lowest BCUT2D eigenvalue weighted by Gasteiger charge is -2.19. The molecule has 4 heteroatoms. The number of carbonyl (C=O) groups is 1. The molecule has 2 N–H and O–H groups in total. The van der Waals surface area contributed by atoms with E-state index in [9.17, 15) is 9.90 Å². The summed E-state index contributed by atoms with van der Waals surface area (Å²) < 4.78 is 5.13. The van der Waals surface area contributed by atoms with Crippen molar-refractivity contribution in [1.82, 2.24) is 5.32 Å². The summed E-state index contributed by atoms with van der Waals surface area (Å²) in [6, 6.07) is 5.44. The zero-order valence-corrected chi connectivity index (χ0v) is 12.7. The van der Waals surface area contributed by atoms with Crippen LogP contribution in [0.1, 0.15) is 44.2 Å². The lowest BCUT2D eigenvalue weighted by atomic mass is 10.0. The second kappa shape index (κ2) is 6.09. The zero-order valence-electron chi connectivity index (χ0n) is 12.7. The first-order chi connectivity index (χ1) is 9.85. The minimum absolute atomic E-state index is 0.132. The Kier molecular flexibility index (Phi) is 4.42. The normalized spacial score (nSPS) is 16.6. The summed E-state index contributed by atoms with van der Waals surface area (Å²) in [5, 5.41) is 12.2. The van der Waals surface area contributed by atoms with E-state index in [-0.39, 0.29) is 18.2 Å². The van der Waals surface area contributed by atoms with Crippen LogP contribution in [0.4, 0.5) is 4.79 Å². The Morgan fingerprint density at radius 3 is 2.95 bits per heavy atom. The van der Waals surface area contributed by atoms with Gasteiger partial charge in [-0.15, -0.1) is 0 Å². The third-order valence-electron chi connectivity index (χ3n) is 3.20. The van der Waals surface area contributed by atoms with Crippen LogP contribution in [0.3, 0.4) is 0 Å². The molecule has 0 aromatic heterocycles. The van der Waals surface area contributed by atoms with Crippen LogP contribution in [0, 0.1) is 11.8 Å². The van der Waals surface area contributed by atoms with Gasteiger partial charge in [-0.1, -0.05) is 17.9 Å². The van der Waals surface area contributed by atoms with Crippen molar-refractivity contribution >= 4 is 6.09 Å². The molecule has 0 radical (unpaired) electrons. The van der Waals surface area contributed by atoms with E-state index in [1.165, 1.54) is 5.56 Å². The molecule has 0 saturated carbocycles. The molecule has 1 amide bonds. The largest absolute Gasteiger partial charge is 0.508 e. The molecule has 0 aliphatic heterocycles. The molecule has 0 fully saturated rings. The van der Waals surface area contributed by atoms with Crippen LogP contribution in [-0.4, -0.2) is 23.3 Å². The lowest BCUT2D eigenvalue weighted by Crippen LogP contribution is -2.32. The summed E-state index contributed by atoms with van der Waals surface area (Å²) in [6.45, 7) is 5.72. The average Bonchev–Trinajstić information content (AvgIpc) is 2.75. The molecule has 0 spiro atoms. The van der Waals surface area contributed by atoms with Crippen molar-refractivity contribution in [1.29, 1.82) is 0 Å². The highest BCUT2D eigenvalue weighted by molar-refractivity contribution is 5.68. The Hall–Kier alpha value is -2.15. The maximum atomic E-state index is 11.5. The Labute approximate surface area is 125 Å². The SMILES string of the molecule is CC(C)(C)OC(=O)NCC#C[C@H]1CCc2ccc(O)cc21. The number of ether oxygens (including phenoxy) is 1. The number of nitrogens with one attached hydrogen (secondary N) is 1. The number of amides is 1. The molecule has 0 heterocycles. The highest BCUT2D eigenvalue weighted by Crippen LogP contribution is 2.34. The second-order valence-corrected chi connectivity index (χ2v) is 6.15. The highest BCUT2D eigenvalue weighted by Gasteiger charge is 2.21. The van der Waals surface area contributed by atoms with Gasteiger partial charge in [-0.05, 0) is 56.9 Å². The van der Waals surface area contributed by atoms with E-state index in [1.54, 1.807) is 12.1 Å². The number of aromatic hydroxyl groups is 1. The quantitative estimate of drug-likeness (QED) is 0.781. The van der Waals surface area contributed by atoms with Gasteiger partial charge in [0.05, 0.1) is 6.54 Å². The van der Waals surface area contributed by atoms with Gasteiger partial charge in [-0.25, -0.2) is 4.79 Å². The highest BCUT2D eigenvalue weighted by atomic mass is 16.6. The van der Waals surface area contributed by atoms with Crippen molar-refractivity contribution in [3.8, 4) is 17.6 Å². The molecule has 2 rings (SSSR count). The number of alkyl carbamates (subject to hydrolysis) is 1. The third kappa shape index (κ3) is 4.42. The van der Waals surface area contributed by atoms with Gasteiger partial charge < -0.3 is 15.2 Å². The molecule has 0 saturated heterocycles. The van der Waals surface area contributed by atoms with Crippen LogP contribution in [0.25, 0.3) is 0 Å². The molecule has 21 heavy (non-hydrogen) atoms. The first kappa shape index (κ1) is 15.2. The van der Waals surface area contributed by atoms with Crippen LogP contribution in [0.2, 0.25) is 0 Å². The van der Waals surface area contributed by atoms with Crippen LogP contribution in [-0.2, 0) is 11.2 Å². The molecule has 0 bridgehead atoms. The summed E-state index contributed by atoms with van der Waals surface area (Å²) >= 11 is 0. The zero-order chi connectivity index (χ0) is 15.5. The number of rotatable bonds is 1. The Balaban J connectivity index is 1.88.